The number of amides is 1. The minimum absolute atomic E-state index is 0.134. The first kappa shape index (κ1) is 18.2. The van der Waals surface area contributed by atoms with Crippen molar-refractivity contribution in [3.05, 3.63) is 24.3 Å². The molecule has 2 heterocycles. The highest BCUT2D eigenvalue weighted by Crippen LogP contribution is 2.42. The SMILES string of the molecule is COc1ccccc1S(=O)(=O)N1CC(NC(C)=O)CC12CCNCC2. The second-order valence-electron chi connectivity index (χ2n) is 6.76. The van der Waals surface area contributed by atoms with Crippen molar-refractivity contribution >= 4 is 15.9 Å². The minimum atomic E-state index is -3.73. The van der Waals surface area contributed by atoms with E-state index in [0.717, 1.165) is 25.9 Å². The zero-order chi connectivity index (χ0) is 18.1. The summed E-state index contributed by atoms with van der Waals surface area (Å²) in [7, 11) is -2.26. The van der Waals surface area contributed by atoms with Gasteiger partial charge in [-0.15, -0.1) is 0 Å². The fourth-order valence-corrected chi connectivity index (χ4v) is 6.09. The zero-order valence-electron chi connectivity index (χ0n) is 14.6. The molecule has 1 atom stereocenters. The molecule has 25 heavy (non-hydrogen) atoms. The van der Waals surface area contributed by atoms with Crippen LogP contribution >= 0.6 is 0 Å². The Kier molecular flexibility index (Phi) is 5.04. The molecule has 0 saturated carbocycles. The average molecular weight is 367 g/mol. The number of nitrogens with one attached hydrogen (secondary N) is 2. The molecule has 2 N–H and O–H groups in total. The standard InChI is InChI=1S/C17H25N3O4S/c1-13(21)19-14-11-17(7-9-18-10-8-17)20(12-14)25(22,23)16-6-4-3-5-15(16)24-2/h3-6,14,18H,7-12H2,1-2H3,(H,19,21). The lowest BCUT2D eigenvalue weighted by Gasteiger charge is -2.40. The molecular weight excluding hydrogens is 342 g/mol. The molecule has 8 heteroatoms. The van der Waals surface area contributed by atoms with Crippen molar-refractivity contribution in [2.45, 2.75) is 42.7 Å². The van der Waals surface area contributed by atoms with E-state index >= 15 is 0 Å². The van der Waals surface area contributed by atoms with E-state index in [-0.39, 0.29) is 16.8 Å². The fraction of sp³-hybridized carbons (Fsp3) is 0.588. The smallest absolute Gasteiger partial charge is 0.247 e. The lowest BCUT2D eigenvalue weighted by Crippen LogP contribution is -2.53. The molecule has 2 aliphatic rings. The summed E-state index contributed by atoms with van der Waals surface area (Å²) in [4.78, 5) is 11.7. The van der Waals surface area contributed by atoms with Gasteiger partial charge in [-0.3, -0.25) is 4.79 Å². The molecule has 2 aliphatic heterocycles. The molecule has 0 radical (unpaired) electrons. The number of carbonyl (C=O) groups is 1. The van der Waals surface area contributed by atoms with Gasteiger partial charge in [0.2, 0.25) is 15.9 Å². The Morgan fingerprint density at radius 2 is 2.00 bits per heavy atom. The number of rotatable bonds is 4. The van der Waals surface area contributed by atoms with Crippen molar-refractivity contribution in [2.75, 3.05) is 26.7 Å². The van der Waals surface area contributed by atoms with E-state index in [2.05, 4.69) is 10.6 Å². The van der Waals surface area contributed by atoms with Crippen LogP contribution in [0, 0.1) is 0 Å². The Morgan fingerprint density at radius 1 is 1.32 bits per heavy atom. The molecule has 0 aliphatic carbocycles. The molecule has 0 bridgehead atoms. The zero-order valence-corrected chi connectivity index (χ0v) is 15.4. The predicted octanol–water partition coefficient (Wildman–Crippen LogP) is 0.717. The maximum atomic E-state index is 13.4. The van der Waals surface area contributed by atoms with Gasteiger partial charge in [-0.2, -0.15) is 4.31 Å². The Labute approximate surface area is 148 Å². The molecule has 2 saturated heterocycles. The van der Waals surface area contributed by atoms with Crippen LogP contribution in [0.3, 0.4) is 0 Å². The lowest BCUT2D eigenvalue weighted by molar-refractivity contribution is -0.119. The van der Waals surface area contributed by atoms with E-state index in [4.69, 9.17) is 4.74 Å². The van der Waals surface area contributed by atoms with E-state index < -0.39 is 15.6 Å². The van der Waals surface area contributed by atoms with Crippen LogP contribution < -0.4 is 15.4 Å². The van der Waals surface area contributed by atoms with Crippen LogP contribution in [0.2, 0.25) is 0 Å². The van der Waals surface area contributed by atoms with Gasteiger partial charge in [-0.05, 0) is 44.5 Å². The predicted molar refractivity (Wildman–Crippen MR) is 93.9 cm³/mol. The molecule has 1 unspecified atom stereocenters. The van der Waals surface area contributed by atoms with E-state index in [1.54, 1.807) is 28.6 Å². The number of piperidine rings is 1. The highest BCUT2D eigenvalue weighted by Gasteiger charge is 2.52. The average Bonchev–Trinajstić information content (AvgIpc) is 2.92. The largest absolute Gasteiger partial charge is 0.495 e. The molecule has 1 amide bonds. The van der Waals surface area contributed by atoms with Gasteiger partial charge < -0.3 is 15.4 Å². The molecule has 2 fully saturated rings. The van der Waals surface area contributed by atoms with Gasteiger partial charge in [0.25, 0.3) is 0 Å². The third kappa shape index (κ3) is 3.38. The minimum Gasteiger partial charge on any atom is -0.495 e. The summed E-state index contributed by atoms with van der Waals surface area (Å²) in [5.41, 5.74) is -0.460. The van der Waals surface area contributed by atoms with Crippen LogP contribution in [0.25, 0.3) is 0 Å². The van der Waals surface area contributed by atoms with Gasteiger partial charge >= 0.3 is 0 Å². The van der Waals surface area contributed by atoms with Gasteiger partial charge in [-0.1, -0.05) is 12.1 Å². The summed E-state index contributed by atoms with van der Waals surface area (Å²) >= 11 is 0. The summed E-state index contributed by atoms with van der Waals surface area (Å²) in [5, 5.41) is 6.19. The van der Waals surface area contributed by atoms with Gasteiger partial charge in [0.1, 0.15) is 10.6 Å². The number of ether oxygens (including phenoxy) is 1. The second-order valence-corrected chi connectivity index (χ2v) is 8.59. The summed E-state index contributed by atoms with van der Waals surface area (Å²) in [6.07, 6.45) is 2.11. The summed E-state index contributed by atoms with van der Waals surface area (Å²) in [5.74, 6) is 0.209. The van der Waals surface area contributed by atoms with Crippen molar-refractivity contribution in [3.8, 4) is 5.75 Å². The first-order valence-corrected chi connectivity index (χ1v) is 9.97. The summed E-state index contributed by atoms with van der Waals surface area (Å²) < 4.78 is 33.7. The number of hydrogen-bond acceptors (Lipinski definition) is 5. The number of hydrogen-bond donors (Lipinski definition) is 2. The monoisotopic (exact) mass is 367 g/mol. The second kappa shape index (κ2) is 6.93. The van der Waals surface area contributed by atoms with Crippen molar-refractivity contribution in [1.82, 2.24) is 14.9 Å². The molecular formula is C17H25N3O4S. The quantitative estimate of drug-likeness (QED) is 0.819. The number of benzene rings is 1. The summed E-state index contributed by atoms with van der Waals surface area (Å²) in [6, 6.07) is 6.52. The van der Waals surface area contributed by atoms with Crippen molar-refractivity contribution in [2.24, 2.45) is 0 Å². The van der Waals surface area contributed by atoms with Crippen LogP contribution in [0.15, 0.2) is 29.2 Å². The van der Waals surface area contributed by atoms with E-state index in [0.29, 0.717) is 18.7 Å². The topological polar surface area (TPSA) is 87.7 Å². The van der Waals surface area contributed by atoms with Crippen LogP contribution in [0.1, 0.15) is 26.2 Å². The molecule has 7 nitrogen and oxygen atoms in total. The third-order valence-electron chi connectivity index (χ3n) is 5.12. The number of methoxy groups -OCH3 is 1. The molecule has 0 aromatic heterocycles. The number of para-hydroxylation sites is 1. The van der Waals surface area contributed by atoms with Crippen LogP contribution in [0.5, 0.6) is 5.75 Å². The fourth-order valence-electron chi connectivity index (χ4n) is 4.05. The molecule has 1 spiro atoms. The maximum Gasteiger partial charge on any atom is 0.247 e. The Bertz CT molecular complexity index is 744. The van der Waals surface area contributed by atoms with Crippen LogP contribution in [-0.4, -0.2) is 57.0 Å². The van der Waals surface area contributed by atoms with Crippen molar-refractivity contribution in [3.63, 3.8) is 0 Å². The van der Waals surface area contributed by atoms with Crippen molar-refractivity contribution < 1.29 is 17.9 Å². The molecule has 1 aromatic rings. The van der Waals surface area contributed by atoms with E-state index in [1.165, 1.54) is 14.0 Å². The van der Waals surface area contributed by atoms with Gasteiger partial charge in [-0.25, -0.2) is 8.42 Å². The Balaban J connectivity index is 2.00. The molecule has 3 rings (SSSR count). The van der Waals surface area contributed by atoms with Crippen molar-refractivity contribution in [1.29, 1.82) is 0 Å². The summed E-state index contributed by atoms with van der Waals surface area (Å²) in [6.45, 7) is 3.29. The number of nitrogens with zero attached hydrogens (tertiary/aromatic N) is 1. The highest BCUT2D eigenvalue weighted by molar-refractivity contribution is 7.89. The van der Waals surface area contributed by atoms with E-state index in [1.807, 2.05) is 0 Å². The number of sulfonamides is 1. The molecule has 1 aromatic carbocycles. The maximum absolute atomic E-state index is 13.4. The van der Waals surface area contributed by atoms with E-state index in [9.17, 15) is 13.2 Å². The van der Waals surface area contributed by atoms with Gasteiger partial charge in [0.05, 0.1) is 7.11 Å². The number of carbonyl (C=O) groups excluding carboxylic acids is 1. The normalized spacial score (nSPS) is 23.5. The van der Waals surface area contributed by atoms with Gasteiger partial charge in [0.15, 0.2) is 0 Å². The van der Waals surface area contributed by atoms with Crippen LogP contribution in [-0.2, 0) is 14.8 Å². The molecule has 138 valence electrons. The van der Waals surface area contributed by atoms with Gasteiger partial charge in [0, 0.05) is 25.0 Å². The highest BCUT2D eigenvalue weighted by atomic mass is 32.2. The third-order valence-corrected chi connectivity index (χ3v) is 7.13. The lowest BCUT2D eigenvalue weighted by atomic mass is 9.86. The first-order valence-electron chi connectivity index (χ1n) is 8.53. The first-order chi connectivity index (χ1) is 11.9. The Hall–Kier alpha value is -1.64. The Morgan fingerprint density at radius 3 is 2.64 bits per heavy atom. The van der Waals surface area contributed by atoms with Crippen LogP contribution in [0.4, 0.5) is 0 Å².